The fourth-order valence-corrected chi connectivity index (χ4v) is 2.31. The molecular formula is C14H10N4O. The van der Waals surface area contributed by atoms with Crippen molar-refractivity contribution in [2.75, 3.05) is 0 Å². The molecule has 4 rings (SSSR count). The Hall–Kier alpha value is -2.82. The molecular weight excluding hydrogens is 240 g/mol. The van der Waals surface area contributed by atoms with Gasteiger partial charge < -0.3 is 9.97 Å². The molecule has 0 saturated heterocycles. The number of para-hydroxylation sites is 4. The Labute approximate surface area is 107 Å². The lowest BCUT2D eigenvalue weighted by Crippen LogP contribution is -2.15. The van der Waals surface area contributed by atoms with Crippen LogP contribution in [0.4, 0.5) is 0 Å². The molecule has 4 aromatic rings. The van der Waals surface area contributed by atoms with Gasteiger partial charge in [0.25, 0.3) is 0 Å². The zero-order valence-corrected chi connectivity index (χ0v) is 9.92. The first-order valence-corrected chi connectivity index (χ1v) is 5.98. The van der Waals surface area contributed by atoms with Crippen LogP contribution in [0, 0.1) is 0 Å². The molecule has 0 bridgehead atoms. The van der Waals surface area contributed by atoms with Crippen LogP contribution in [0.5, 0.6) is 0 Å². The van der Waals surface area contributed by atoms with Gasteiger partial charge in [-0.15, -0.1) is 0 Å². The van der Waals surface area contributed by atoms with E-state index in [1.165, 1.54) is 0 Å². The molecule has 5 nitrogen and oxygen atoms in total. The van der Waals surface area contributed by atoms with E-state index in [1.54, 1.807) is 4.57 Å². The lowest BCUT2D eigenvalue weighted by Gasteiger charge is -1.96. The van der Waals surface area contributed by atoms with Crippen molar-refractivity contribution in [1.29, 1.82) is 0 Å². The highest BCUT2D eigenvalue weighted by Gasteiger charge is 2.11. The van der Waals surface area contributed by atoms with E-state index in [1.807, 2.05) is 48.5 Å². The summed E-state index contributed by atoms with van der Waals surface area (Å²) in [5.41, 5.74) is 3.17. The molecule has 0 radical (unpaired) electrons. The second-order valence-electron chi connectivity index (χ2n) is 4.36. The van der Waals surface area contributed by atoms with Gasteiger partial charge in [0.15, 0.2) is 0 Å². The predicted molar refractivity (Wildman–Crippen MR) is 73.5 cm³/mol. The molecule has 5 heteroatoms. The van der Waals surface area contributed by atoms with E-state index in [2.05, 4.69) is 15.0 Å². The summed E-state index contributed by atoms with van der Waals surface area (Å²) in [5, 5.41) is 0. The number of hydrogen-bond donors (Lipinski definition) is 2. The standard InChI is InChI=1S/C14H10N4O/c19-14-17-11-7-3-4-8-12(11)18(14)13-15-9-5-1-2-6-10(9)16-13/h1-8H,(H,15,16)(H,17,19). The van der Waals surface area contributed by atoms with Crippen molar-refractivity contribution in [2.45, 2.75) is 0 Å². The zero-order valence-electron chi connectivity index (χ0n) is 9.92. The van der Waals surface area contributed by atoms with Crippen LogP contribution in [0.2, 0.25) is 0 Å². The molecule has 2 N–H and O–H groups in total. The minimum atomic E-state index is -0.194. The van der Waals surface area contributed by atoms with Crippen LogP contribution in [0.15, 0.2) is 53.3 Å². The Kier molecular flexibility index (Phi) is 1.91. The molecule has 0 aliphatic rings. The summed E-state index contributed by atoms with van der Waals surface area (Å²) >= 11 is 0. The second kappa shape index (κ2) is 3.58. The van der Waals surface area contributed by atoms with Crippen molar-refractivity contribution in [3.8, 4) is 5.95 Å². The van der Waals surface area contributed by atoms with Gasteiger partial charge in [-0.25, -0.2) is 14.3 Å². The molecule has 19 heavy (non-hydrogen) atoms. The molecule has 0 saturated carbocycles. The normalized spacial score (nSPS) is 11.4. The second-order valence-corrected chi connectivity index (χ2v) is 4.36. The van der Waals surface area contributed by atoms with E-state index in [9.17, 15) is 4.79 Å². The number of aromatic amines is 2. The van der Waals surface area contributed by atoms with Gasteiger partial charge in [-0.3, -0.25) is 0 Å². The van der Waals surface area contributed by atoms with Crippen LogP contribution >= 0.6 is 0 Å². The maximum atomic E-state index is 12.1. The lowest BCUT2D eigenvalue weighted by atomic mass is 10.3. The first-order chi connectivity index (χ1) is 9.33. The van der Waals surface area contributed by atoms with E-state index in [4.69, 9.17) is 0 Å². The number of aromatic nitrogens is 4. The van der Waals surface area contributed by atoms with Crippen LogP contribution < -0.4 is 5.69 Å². The van der Waals surface area contributed by atoms with Crippen molar-refractivity contribution in [2.24, 2.45) is 0 Å². The highest BCUT2D eigenvalue weighted by atomic mass is 16.1. The quantitative estimate of drug-likeness (QED) is 0.544. The largest absolute Gasteiger partial charge is 0.333 e. The van der Waals surface area contributed by atoms with Gasteiger partial charge >= 0.3 is 5.69 Å². The fraction of sp³-hybridized carbons (Fsp3) is 0. The van der Waals surface area contributed by atoms with Crippen LogP contribution in [-0.4, -0.2) is 19.5 Å². The average molecular weight is 250 g/mol. The predicted octanol–water partition coefficient (Wildman–Crippen LogP) is 2.20. The maximum absolute atomic E-state index is 12.1. The minimum absolute atomic E-state index is 0.194. The number of nitrogens with one attached hydrogen (secondary N) is 2. The smallest absolute Gasteiger partial charge is 0.323 e. The lowest BCUT2D eigenvalue weighted by molar-refractivity contribution is 0.944. The van der Waals surface area contributed by atoms with Crippen LogP contribution in [0.3, 0.4) is 0 Å². The van der Waals surface area contributed by atoms with Gasteiger partial charge in [0, 0.05) is 0 Å². The van der Waals surface area contributed by atoms with E-state index in [-0.39, 0.29) is 5.69 Å². The summed E-state index contributed by atoms with van der Waals surface area (Å²) in [4.78, 5) is 22.5. The Balaban J connectivity index is 2.09. The number of fused-ring (bicyclic) bond motifs is 2. The summed E-state index contributed by atoms with van der Waals surface area (Å²) in [5.74, 6) is 0.531. The summed E-state index contributed by atoms with van der Waals surface area (Å²) in [6, 6.07) is 15.3. The Morgan fingerprint density at radius 1 is 0.895 bits per heavy atom. The first-order valence-electron chi connectivity index (χ1n) is 5.98. The Bertz CT molecular complexity index is 912. The van der Waals surface area contributed by atoms with Gasteiger partial charge in [0.1, 0.15) is 0 Å². The van der Waals surface area contributed by atoms with Crippen LogP contribution in [0.25, 0.3) is 28.0 Å². The van der Waals surface area contributed by atoms with Crippen molar-refractivity contribution in [3.05, 3.63) is 59.0 Å². The number of hydrogen-bond acceptors (Lipinski definition) is 2. The molecule has 0 aliphatic heterocycles. The van der Waals surface area contributed by atoms with Gasteiger partial charge in [-0.05, 0) is 24.3 Å². The number of nitrogens with zero attached hydrogens (tertiary/aromatic N) is 2. The van der Waals surface area contributed by atoms with E-state index < -0.39 is 0 Å². The molecule has 0 aliphatic carbocycles. The number of H-pyrrole nitrogens is 2. The number of rotatable bonds is 1. The maximum Gasteiger partial charge on any atom is 0.333 e. The van der Waals surface area contributed by atoms with Crippen molar-refractivity contribution < 1.29 is 0 Å². The molecule has 0 atom stereocenters. The van der Waals surface area contributed by atoms with Crippen molar-refractivity contribution >= 4 is 22.1 Å². The van der Waals surface area contributed by atoms with Gasteiger partial charge in [-0.2, -0.15) is 0 Å². The van der Waals surface area contributed by atoms with E-state index in [0.29, 0.717) is 5.95 Å². The van der Waals surface area contributed by atoms with Gasteiger partial charge in [-0.1, -0.05) is 24.3 Å². The summed E-state index contributed by atoms with van der Waals surface area (Å²) in [6.07, 6.45) is 0. The summed E-state index contributed by atoms with van der Waals surface area (Å²) in [6.45, 7) is 0. The molecule has 2 aromatic carbocycles. The highest BCUT2D eigenvalue weighted by molar-refractivity contribution is 5.79. The SMILES string of the molecule is O=c1[nH]c2ccccc2n1-c1nc2ccccc2[nH]1. The van der Waals surface area contributed by atoms with Crippen LogP contribution in [-0.2, 0) is 0 Å². The first kappa shape index (κ1) is 10.1. The molecule has 92 valence electrons. The number of imidazole rings is 2. The van der Waals surface area contributed by atoms with Crippen molar-refractivity contribution in [1.82, 2.24) is 19.5 Å². The Morgan fingerprint density at radius 2 is 1.63 bits per heavy atom. The molecule has 0 fully saturated rings. The van der Waals surface area contributed by atoms with Crippen LogP contribution in [0.1, 0.15) is 0 Å². The minimum Gasteiger partial charge on any atom is -0.323 e. The summed E-state index contributed by atoms with van der Waals surface area (Å²) < 4.78 is 1.55. The average Bonchev–Trinajstić information content (AvgIpc) is 2.97. The molecule has 0 amide bonds. The molecule has 2 heterocycles. The van der Waals surface area contributed by atoms with E-state index in [0.717, 1.165) is 22.1 Å². The molecule has 0 spiro atoms. The molecule has 0 unspecified atom stereocenters. The highest BCUT2D eigenvalue weighted by Crippen LogP contribution is 2.16. The van der Waals surface area contributed by atoms with E-state index >= 15 is 0 Å². The fourth-order valence-electron chi connectivity index (χ4n) is 2.31. The topological polar surface area (TPSA) is 66.5 Å². The third-order valence-corrected chi connectivity index (χ3v) is 3.18. The molecule has 2 aromatic heterocycles. The zero-order chi connectivity index (χ0) is 12.8. The third kappa shape index (κ3) is 1.41. The third-order valence-electron chi connectivity index (χ3n) is 3.18. The number of benzene rings is 2. The monoisotopic (exact) mass is 250 g/mol. The Morgan fingerprint density at radius 3 is 2.47 bits per heavy atom. The van der Waals surface area contributed by atoms with Gasteiger partial charge in [0.2, 0.25) is 5.95 Å². The van der Waals surface area contributed by atoms with Gasteiger partial charge in [0.05, 0.1) is 22.1 Å². The van der Waals surface area contributed by atoms with Crippen molar-refractivity contribution in [3.63, 3.8) is 0 Å². The summed E-state index contributed by atoms with van der Waals surface area (Å²) in [7, 11) is 0.